The van der Waals surface area contributed by atoms with Gasteiger partial charge in [-0.15, -0.1) is 0 Å². The molecule has 0 radical (unpaired) electrons. The minimum Gasteiger partial charge on any atom is -0.481 e. The van der Waals surface area contributed by atoms with E-state index < -0.39 is 17.9 Å². The van der Waals surface area contributed by atoms with Crippen molar-refractivity contribution in [2.24, 2.45) is 5.92 Å². The Morgan fingerprint density at radius 3 is 2.57 bits per heavy atom. The molecule has 0 fully saturated rings. The Morgan fingerprint density at radius 2 is 1.86 bits per heavy atom. The lowest BCUT2D eigenvalue weighted by atomic mass is 9.93. The van der Waals surface area contributed by atoms with Crippen LogP contribution in [0.3, 0.4) is 0 Å². The number of esters is 1. The van der Waals surface area contributed by atoms with Crippen LogP contribution in [0, 0.1) is 5.92 Å². The maximum atomic E-state index is 11.5. The van der Waals surface area contributed by atoms with Gasteiger partial charge in [-0.3, -0.25) is 9.59 Å². The summed E-state index contributed by atoms with van der Waals surface area (Å²) in [4.78, 5) is 22.9. The fraction of sp³-hybridized carbons (Fsp3) is 0.294. The van der Waals surface area contributed by atoms with Crippen molar-refractivity contribution in [2.75, 3.05) is 6.61 Å². The number of rotatable bonds is 6. The molecule has 1 atom stereocenters. The van der Waals surface area contributed by atoms with Crippen molar-refractivity contribution in [1.29, 1.82) is 0 Å². The summed E-state index contributed by atoms with van der Waals surface area (Å²) >= 11 is 0. The first-order valence-electron chi connectivity index (χ1n) is 6.97. The molecule has 2 rings (SSSR count). The van der Waals surface area contributed by atoms with Gasteiger partial charge in [0, 0.05) is 0 Å². The number of hydrogen-bond acceptors (Lipinski definition) is 3. The first-order valence-corrected chi connectivity index (χ1v) is 6.97. The van der Waals surface area contributed by atoms with Gasteiger partial charge in [0.1, 0.15) is 0 Å². The Bertz CT molecular complexity index is 643. The fourth-order valence-corrected chi connectivity index (χ4v) is 2.40. The van der Waals surface area contributed by atoms with Crippen molar-refractivity contribution in [2.45, 2.75) is 19.8 Å². The molecular formula is C17H18O4. The van der Waals surface area contributed by atoms with Gasteiger partial charge in [-0.1, -0.05) is 42.5 Å². The number of hydrogen-bond donors (Lipinski definition) is 1. The summed E-state index contributed by atoms with van der Waals surface area (Å²) in [6.45, 7) is 1.97. The van der Waals surface area contributed by atoms with E-state index in [9.17, 15) is 14.7 Å². The number of aliphatic carboxylic acids is 1. The molecule has 4 nitrogen and oxygen atoms in total. The first kappa shape index (κ1) is 15.0. The molecule has 1 N–H and O–H groups in total. The molecule has 0 bridgehead atoms. The molecule has 0 spiro atoms. The molecule has 0 heterocycles. The van der Waals surface area contributed by atoms with Gasteiger partial charge in [0.25, 0.3) is 0 Å². The second-order valence-corrected chi connectivity index (χ2v) is 4.89. The molecule has 0 saturated heterocycles. The average molecular weight is 286 g/mol. The zero-order chi connectivity index (χ0) is 15.2. The van der Waals surface area contributed by atoms with Crippen molar-refractivity contribution < 1.29 is 19.4 Å². The Kier molecular flexibility index (Phi) is 4.93. The van der Waals surface area contributed by atoms with Crippen LogP contribution in [0.2, 0.25) is 0 Å². The van der Waals surface area contributed by atoms with Gasteiger partial charge >= 0.3 is 11.9 Å². The minimum absolute atomic E-state index is 0.105. The van der Waals surface area contributed by atoms with Crippen LogP contribution in [0.5, 0.6) is 0 Å². The molecular weight excluding hydrogens is 268 g/mol. The molecule has 2 aromatic carbocycles. The predicted molar refractivity (Wildman–Crippen MR) is 80.0 cm³/mol. The molecule has 21 heavy (non-hydrogen) atoms. The predicted octanol–water partition coefficient (Wildman–Crippen LogP) is 3.04. The number of carbonyl (C=O) groups is 2. The second-order valence-electron chi connectivity index (χ2n) is 4.89. The van der Waals surface area contributed by atoms with Crippen molar-refractivity contribution >= 4 is 22.7 Å². The molecule has 0 aliphatic heterocycles. The maximum absolute atomic E-state index is 11.5. The van der Waals surface area contributed by atoms with E-state index in [0.717, 1.165) is 16.3 Å². The summed E-state index contributed by atoms with van der Waals surface area (Å²) in [5.74, 6) is -2.21. The molecule has 0 aliphatic rings. The van der Waals surface area contributed by atoms with Crippen molar-refractivity contribution in [3.63, 3.8) is 0 Å². The van der Waals surface area contributed by atoms with Crippen LogP contribution in [0.15, 0.2) is 42.5 Å². The molecule has 0 saturated carbocycles. The highest BCUT2D eigenvalue weighted by molar-refractivity contribution is 5.86. The van der Waals surface area contributed by atoms with Crippen molar-refractivity contribution in [3.8, 4) is 0 Å². The maximum Gasteiger partial charge on any atom is 0.307 e. The molecule has 0 aliphatic carbocycles. The number of ether oxygens (including phenoxy) is 1. The first-order chi connectivity index (χ1) is 10.1. The zero-order valence-corrected chi connectivity index (χ0v) is 11.9. The number of carboxylic acids is 1. The minimum atomic E-state index is -0.976. The van der Waals surface area contributed by atoms with Crippen LogP contribution in [0.25, 0.3) is 10.8 Å². The summed E-state index contributed by atoms with van der Waals surface area (Å²) < 4.78 is 4.85. The third kappa shape index (κ3) is 3.81. The Hall–Kier alpha value is -2.36. The number of fused-ring (bicyclic) bond motifs is 1. The van der Waals surface area contributed by atoms with E-state index in [1.165, 1.54) is 0 Å². The van der Waals surface area contributed by atoms with Crippen LogP contribution < -0.4 is 0 Å². The summed E-state index contributed by atoms with van der Waals surface area (Å²) in [7, 11) is 0. The van der Waals surface area contributed by atoms with Gasteiger partial charge in [-0.25, -0.2) is 0 Å². The molecule has 0 amide bonds. The molecule has 4 heteroatoms. The Balaban J connectivity index is 2.23. The third-order valence-electron chi connectivity index (χ3n) is 3.41. The average Bonchev–Trinajstić information content (AvgIpc) is 2.47. The second kappa shape index (κ2) is 6.88. The fourth-order valence-electron chi connectivity index (χ4n) is 2.40. The van der Waals surface area contributed by atoms with E-state index in [4.69, 9.17) is 4.74 Å². The summed E-state index contributed by atoms with van der Waals surface area (Å²) in [5.41, 5.74) is 0.935. The van der Waals surface area contributed by atoms with Crippen LogP contribution in [-0.2, 0) is 20.7 Å². The van der Waals surface area contributed by atoms with Crippen LogP contribution in [0.4, 0.5) is 0 Å². The van der Waals surface area contributed by atoms with Gasteiger partial charge < -0.3 is 9.84 Å². The monoisotopic (exact) mass is 286 g/mol. The van der Waals surface area contributed by atoms with E-state index in [1.807, 2.05) is 42.5 Å². The summed E-state index contributed by atoms with van der Waals surface area (Å²) in [5, 5.41) is 11.4. The van der Waals surface area contributed by atoms with Crippen LogP contribution in [0.1, 0.15) is 18.9 Å². The SMILES string of the molecule is CCOC(=O)CC(Cc1cccc2ccccc12)C(=O)O. The summed E-state index contributed by atoms with van der Waals surface area (Å²) in [6, 6.07) is 13.6. The topological polar surface area (TPSA) is 63.6 Å². The smallest absolute Gasteiger partial charge is 0.307 e. The molecule has 2 aromatic rings. The number of carboxylic acid groups (broad SMARTS) is 1. The highest BCUT2D eigenvalue weighted by atomic mass is 16.5. The highest BCUT2D eigenvalue weighted by Gasteiger charge is 2.23. The number of carbonyl (C=O) groups excluding carboxylic acids is 1. The van der Waals surface area contributed by atoms with E-state index in [2.05, 4.69) is 0 Å². The van der Waals surface area contributed by atoms with Crippen LogP contribution >= 0.6 is 0 Å². The van der Waals surface area contributed by atoms with E-state index >= 15 is 0 Å². The van der Waals surface area contributed by atoms with Crippen LogP contribution in [-0.4, -0.2) is 23.7 Å². The van der Waals surface area contributed by atoms with Gasteiger partial charge in [0.05, 0.1) is 18.9 Å². The highest BCUT2D eigenvalue weighted by Crippen LogP contribution is 2.22. The summed E-state index contributed by atoms with van der Waals surface area (Å²) in [6.07, 6.45) is 0.210. The quantitative estimate of drug-likeness (QED) is 0.829. The van der Waals surface area contributed by atoms with Gasteiger partial charge in [-0.05, 0) is 29.7 Å². The third-order valence-corrected chi connectivity index (χ3v) is 3.41. The normalized spacial score (nSPS) is 12.0. The van der Waals surface area contributed by atoms with E-state index in [-0.39, 0.29) is 13.0 Å². The zero-order valence-electron chi connectivity index (χ0n) is 11.9. The van der Waals surface area contributed by atoms with Gasteiger partial charge in [0.2, 0.25) is 0 Å². The van der Waals surface area contributed by atoms with Crippen molar-refractivity contribution in [3.05, 3.63) is 48.0 Å². The van der Waals surface area contributed by atoms with Crippen molar-refractivity contribution in [1.82, 2.24) is 0 Å². The van der Waals surface area contributed by atoms with E-state index in [1.54, 1.807) is 6.92 Å². The lowest BCUT2D eigenvalue weighted by Crippen LogP contribution is -2.21. The van der Waals surface area contributed by atoms with E-state index in [0.29, 0.717) is 6.42 Å². The Labute approximate surface area is 123 Å². The molecule has 110 valence electrons. The molecule has 1 unspecified atom stereocenters. The lowest BCUT2D eigenvalue weighted by Gasteiger charge is -2.13. The largest absolute Gasteiger partial charge is 0.481 e. The van der Waals surface area contributed by atoms with Gasteiger partial charge in [0.15, 0.2) is 0 Å². The molecule has 0 aromatic heterocycles. The Morgan fingerprint density at radius 1 is 1.14 bits per heavy atom. The lowest BCUT2D eigenvalue weighted by molar-refractivity contribution is -0.151. The van der Waals surface area contributed by atoms with Gasteiger partial charge in [-0.2, -0.15) is 0 Å². The standard InChI is InChI=1S/C17H18O4/c1-2-21-16(18)11-14(17(19)20)10-13-8-5-7-12-6-3-4-9-15(12)13/h3-9,14H,2,10-11H2,1H3,(H,19,20). The number of benzene rings is 2.